The second-order valence-electron chi connectivity index (χ2n) is 5.86. The largest absolute Gasteiger partial charge is 0.496 e. The van der Waals surface area contributed by atoms with Crippen LogP contribution in [0.4, 0.5) is 0 Å². The molecule has 0 radical (unpaired) electrons. The number of ether oxygens (including phenoxy) is 1. The van der Waals surface area contributed by atoms with Gasteiger partial charge in [-0.3, -0.25) is 4.79 Å². The number of aliphatic hydroxyl groups is 1. The fourth-order valence-corrected chi connectivity index (χ4v) is 3.56. The van der Waals surface area contributed by atoms with Crippen molar-refractivity contribution >= 4 is 5.91 Å². The summed E-state index contributed by atoms with van der Waals surface area (Å²) in [6.07, 6.45) is 2.09. The predicted molar refractivity (Wildman–Crippen MR) is 75.5 cm³/mol. The van der Waals surface area contributed by atoms with E-state index in [4.69, 9.17) is 4.74 Å². The number of aliphatic hydroxyl groups excluding tert-OH is 1. The van der Waals surface area contributed by atoms with Crippen molar-refractivity contribution in [1.29, 1.82) is 0 Å². The van der Waals surface area contributed by atoms with Crippen molar-refractivity contribution in [1.82, 2.24) is 4.90 Å². The van der Waals surface area contributed by atoms with Crippen LogP contribution in [-0.4, -0.2) is 42.2 Å². The molecule has 1 aliphatic heterocycles. The first-order chi connectivity index (χ1) is 9.69. The van der Waals surface area contributed by atoms with Gasteiger partial charge in [0.2, 0.25) is 5.91 Å². The Morgan fingerprint density at radius 2 is 2.15 bits per heavy atom. The summed E-state index contributed by atoms with van der Waals surface area (Å²) in [5, 5.41) is 9.91. The Bertz CT molecular complexity index is 502. The SMILES string of the molecule is COc1ccccc1CC(=O)N1CC2CCC(O)C2C1. The van der Waals surface area contributed by atoms with Crippen LogP contribution < -0.4 is 4.74 Å². The number of carbonyl (C=O) groups excluding carboxylic acids is 1. The van der Waals surface area contributed by atoms with Crippen LogP contribution in [0.2, 0.25) is 0 Å². The van der Waals surface area contributed by atoms with Gasteiger partial charge >= 0.3 is 0 Å². The van der Waals surface area contributed by atoms with Gasteiger partial charge in [0.1, 0.15) is 5.75 Å². The van der Waals surface area contributed by atoms with Gasteiger partial charge < -0.3 is 14.7 Å². The van der Waals surface area contributed by atoms with E-state index in [1.165, 1.54) is 0 Å². The Morgan fingerprint density at radius 1 is 1.35 bits per heavy atom. The Morgan fingerprint density at radius 3 is 2.90 bits per heavy atom. The topological polar surface area (TPSA) is 49.8 Å². The summed E-state index contributed by atoms with van der Waals surface area (Å²) in [5.74, 6) is 1.68. The average molecular weight is 275 g/mol. The van der Waals surface area contributed by atoms with Crippen molar-refractivity contribution in [3.63, 3.8) is 0 Å². The predicted octanol–water partition coefficient (Wildman–Crippen LogP) is 1.47. The molecule has 1 saturated carbocycles. The number of hydrogen-bond donors (Lipinski definition) is 1. The van der Waals surface area contributed by atoms with Gasteiger partial charge in [-0.15, -0.1) is 0 Å². The third-order valence-electron chi connectivity index (χ3n) is 4.71. The van der Waals surface area contributed by atoms with E-state index in [-0.39, 0.29) is 17.9 Å². The quantitative estimate of drug-likeness (QED) is 0.908. The van der Waals surface area contributed by atoms with Crippen molar-refractivity contribution in [3.05, 3.63) is 29.8 Å². The Balaban J connectivity index is 1.66. The smallest absolute Gasteiger partial charge is 0.227 e. The first kappa shape index (κ1) is 13.4. The molecule has 1 aliphatic carbocycles. The molecule has 1 heterocycles. The maximum Gasteiger partial charge on any atom is 0.227 e. The van der Waals surface area contributed by atoms with Gasteiger partial charge in [0, 0.05) is 24.6 Å². The molecular weight excluding hydrogens is 254 g/mol. The van der Waals surface area contributed by atoms with Gasteiger partial charge in [-0.05, 0) is 24.8 Å². The Kier molecular flexibility index (Phi) is 3.66. The fraction of sp³-hybridized carbons (Fsp3) is 0.562. The maximum atomic E-state index is 12.4. The molecule has 3 atom stereocenters. The number of carbonyl (C=O) groups is 1. The van der Waals surface area contributed by atoms with Crippen molar-refractivity contribution in [2.45, 2.75) is 25.4 Å². The van der Waals surface area contributed by atoms with Crippen LogP contribution in [-0.2, 0) is 11.2 Å². The molecule has 0 aromatic heterocycles. The lowest BCUT2D eigenvalue weighted by molar-refractivity contribution is -0.129. The Hall–Kier alpha value is -1.55. The monoisotopic (exact) mass is 275 g/mol. The van der Waals surface area contributed by atoms with E-state index in [1.54, 1.807) is 7.11 Å². The number of amides is 1. The van der Waals surface area contributed by atoms with Crippen molar-refractivity contribution in [2.75, 3.05) is 20.2 Å². The first-order valence-electron chi connectivity index (χ1n) is 7.26. The summed E-state index contributed by atoms with van der Waals surface area (Å²) in [6.45, 7) is 1.51. The zero-order valence-electron chi connectivity index (χ0n) is 11.8. The molecule has 2 fully saturated rings. The molecule has 1 aromatic carbocycles. The van der Waals surface area contributed by atoms with Crippen molar-refractivity contribution < 1.29 is 14.6 Å². The molecule has 3 unspecified atom stereocenters. The molecule has 1 N–H and O–H groups in total. The lowest BCUT2D eigenvalue weighted by Crippen LogP contribution is -2.32. The number of benzene rings is 1. The van der Waals surface area contributed by atoms with Crippen LogP contribution in [0.3, 0.4) is 0 Å². The second-order valence-corrected chi connectivity index (χ2v) is 5.86. The summed E-state index contributed by atoms with van der Waals surface area (Å²) >= 11 is 0. The zero-order chi connectivity index (χ0) is 14.1. The van der Waals surface area contributed by atoms with E-state index < -0.39 is 0 Å². The molecule has 1 aromatic rings. The highest BCUT2D eigenvalue weighted by molar-refractivity contribution is 5.79. The third-order valence-corrected chi connectivity index (χ3v) is 4.71. The minimum Gasteiger partial charge on any atom is -0.496 e. The van der Waals surface area contributed by atoms with Crippen LogP contribution in [0.25, 0.3) is 0 Å². The molecule has 108 valence electrons. The number of methoxy groups -OCH3 is 1. The number of para-hydroxylation sites is 1. The molecule has 3 rings (SSSR count). The highest BCUT2D eigenvalue weighted by Gasteiger charge is 2.43. The van der Waals surface area contributed by atoms with Gasteiger partial charge in [0.25, 0.3) is 0 Å². The summed E-state index contributed by atoms with van der Waals surface area (Å²) in [6, 6.07) is 7.64. The van der Waals surface area contributed by atoms with E-state index in [0.29, 0.717) is 18.9 Å². The molecule has 4 heteroatoms. The van der Waals surface area contributed by atoms with E-state index in [2.05, 4.69) is 0 Å². The maximum absolute atomic E-state index is 12.4. The molecule has 4 nitrogen and oxygen atoms in total. The molecule has 20 heavy (non-hydrogen) atoms. The van der Waals surface area contributed by atoms with Gasteiger partial charge in [-0.2, -0.15) is 0 Å². The zero-order valence-corrected chi connectivity index (χ0v) is 11.8. The van der Waals surface area contributed by atoms with Crippen molar-refractivity contribution in [3.8, 4) is 5.75 Å². The summed E-state index contributed by atoms with van der Waals surface area (Å²) in [5.41, 5.74) is 0.928. The van der Waals surface area contributed by atoms with Crippen LogP contribution in [0.1, 0.15) is 18.4 Å². The number of nitrogens with zero attached hydrogens (tertiary/aromatic N) is 1. The molecular formula is C16H21NO3. The molecule has 0 bridgehead atoms. The highest BCUT2D eigenvalue weighted by Crippen LogP contribution is 2.38. The first-order valence-corrected chi connectivity index (χ1v) is 7.26. The van der Waals surface area contributed by atoms with E-state index in [1.807, 2.05) is 29.2 Å². The van der Waals surface area contributed by atoms with Crippen LogP contribution >= 0.6 is 0 Å². The van der Waals surface area contributed by atoms with Gasteiger partial charge in [0.15, 0.2) is 0 Å². The standard InChI is InChI=1S/C16H21NO3/c1-20-15-5-3-2-4-11(15)8-16(19)17-9-12-6-7-14(18)13(12)10-17/h2-5,12-14,18H,6-10H2,1H3. The molecule has 1 saturated heterocycles. The van der Waals surface area contributed by atoms with Crippen molar-refractivity contribution in [2.24, 2.45) is 11.8 Å². The lowest BCUT2D eigenvalue weighted by Gasteiger charge is -2.19. The minimum absolute atomic E-state index is 0.135. The van der Waals surface area contributed by atoms with Crippen LogP contribution in [0.5, 0.6) is 5.75 Å². The summed E-state index contributed by atoms with van der Waals surface area (Å²) in [7, 11) is 1.62. The van der Waals surface area contributed by atoms with Gasteiger partial charge in [0.05, 0.1) is 19.6 Å². The minimum atomic E-state index is -0.218. The van der Waals surface area contributed by atoms with Crippen LogP contribution in [0, 0.1) is 11.8 Å². The Labute approximate surface area is 119 Å². The third kappa shape index (κ3) is 2.40. The number of rotatable bonds is 3. The van der Waals surface area contributed by atoms with Gasteiger partial charge in [-0.25, -0.2) is 0 Å². The summed E-state index contributed by atoms with van der Waals surface area (Å²) < 4.78 is 5.29. The summed E-state index contributed by atoms with van der Waals surface area (Å²) in [4.78, 5) is 14.3. The second kappa shape index (κ2) is 5.44. The van der Waals surface area contributed by atoms with E-state index in [9.17, 15) is 9.90 Å². The fourth-order valence-electron chi connectivity index (χ4n) is 3.56. The van der Waals surface area contributed by atoms with Gasteiger partial charge in [-0.1, -0.05) is 18.2 Å². The highest BCUT2D eigenvalue weighted by atomic mass is 16.5. The van der Waals surface area contributed by atoms with E-state index in [0.717, 1.165) is 30.7 Å². The normalized spacial score (nSPS) is 28.5. The number of fused-ring (bicyclic) bond motifs is 1. The molecule has 2 aliphatic rings. The molecule has 1 amide bonds. The van der Waals surface area contributed by atoms with E-state index >= 15 is 0 Å². The lowest BCUT2D eigenvalue weighted by atomic mass is 10.00. The number of likely N-dealkylation sites (tertiary alicyclic amines) is 1. The molecule has 0 spiro atoms. The number of hydrogen-bond acceptors (Lipinski definition) is 3. The average Bonchev–Trinajstić information content (AvgIpc) is 3.02. The van der Waals surface area contributed by atoms with Crippen LogP contribution in [0.15, 0.2) is 24.3 Å².